The van der Waals surface area contributed by atoms with E-state index in [0.29, 0.717) is 6.54 Å². The third kappa shape index (κ3) is 1.71. The summed E-state index contributed by atoms with van der Waals surface area (Å²) in [5.74, 6) is 0. The third-order valence-electron chi connectivity index (χ3n) is 2.90. The summed E-state index contributed by atoms with van der Waals surface area (Å²) in [4.78, 5) is 15.6. The molecule has 0 aliphatic carbocycles. The van der Waals surface area contributed by atoms with Crippen LogP contribution in [0.5, 0.6) is 0 Å². The highest BCUT2D eigenvalue weighted by Gasteiger charge is 2.25. The van der Waals surface area contributed by atoms with Crippen molar-refractivity contribution in [2.45, 2.75) is 13.0 Å². The van der Waals surface area contributed by atoms with Crippen LogP contribution < -0.4 is 5.32 Å². The van der Waals surface area contributed by atoms with Crippen molar-refractivity contribution >= 4 is 17.0 Å². The molecule has 4 heteroatoms. The Morgan fingerprint density at radius 1 is 1.41 bits per heavy atom. The maximum absolute atomic E-state index is 11.1. The molecule has 2 heterocycles. The summed E-state index contributed by atoms with van der Waals surface area (Å²) in [6, 6.07) is 9.87. The van der Waals surface area contributed by atoms with Crippen molar-refractivity contribution in [2.75, 3.05) is 6.54 Å². The fourth-order valence-electron chi connectivity index (χ4n) is 2.17. The lowest BCUT2D eigenvalue weighted by Crippen LogP contribution is -2.12. The molecule has 86 valence electrons. The Morgan fingerprint density at radius 3 is 3.00 bits per heavy atom. The number of fused-ring (bicyclic) bond motifs is 1. The van der Waals surface area contributed by atoms with Crippen molar-refractivity contribution in [3.8, 4) is 0 Å². The second-order valence-corrected chi connectivity index (χ2v) is 4.14. The van der Waals surface area contributed by atoms with Crippen molar-refractivity contribution in [2.24, 2.45) is 0 Å². The summed E-state index contributed by atoms with van der Waals surface area (Å²) in [7, 11) is 0. The fourth-order valence-corrected chi connectivity index (χ4v) is 2.17. The smallest absolute Gasteiger partial charge is 0.407 e. The first-order valence-electron chi connectivity index (χ1n) is 5.55. The van der Waals surface area contributed by atoms with Gasteiger partial charge in [0.1, 0.15) is 6.10 Å². The van der Waals surface area contributed by atoms with Crippen molar-refractivity contribution < 1.29 is 9.53 Å². The number of para-hydroxylation sites is 1. The zero-order valence-corrected chi connectivity index (χ0v) is 9.43. The van der Waals surface area contributed by atoms with Gasteiger partial charge >= 0.3 is 6.09 Å². The van der Waals surface area contributed by atoms with Crippen molar-refractivity contribution in [3.63, 3.8) is 0 Å². The zero-order valence-electron chi connectivity index (χ0n) is 9.43. The molecule has 1 N–H and O–H groups in total. The van der Waals surface area contributed by atoms with Crippen LogP contribution in [-0.4, -0.2) is 17.6 Å². The van der Waals surface area contributed by atoms with Gasteiger partial charge in [0, 0.05) is 16.6 Å². The molecule has 1 unspecified atom stereocenters. The number of nitrogens with one attached hydrogen (secondary N) is 1. The first-order valence-corrected chi connectivity index (χ1v) is 5.55. The monoisotopic (exact) mass is 228 g/mol. The van der Waals surface area contributed by atoms with E-state index in [9.17, 15) is 4.79 Å². The molecule has 3 rings (SSSR count). The highest BCUT2D eigenvalue weighted by Crippen LogP contribution is 2.28. The fraction of sp³-hybridized carbons (Fsp3) is 0.231. The average molecular weight is 228 g/mol. The average Bonchev–Trinajstić information content (AvgIpc) is 2.74. The van der Waals surface area contributed by atoms with E-state index in [-0.39, 0.29) is 12.2 Å². The molecular weight excluding hydrogens is 216 g/mol. The molecule has 1 aromatic heterocycles. The minimum absolute atomic E-state index is 0.214. The Kier molecular flexibility index (Phi) is 2.21. The van der Waals surface area contributed by atoms with Crippen molar-refractivity contribution in [3.05, 3.63) is 41.6 Å². The number of hydrogen-bond acceptors (Lipinski definition) is 3. The summed E-state index contributed by atoms with van der Waals surface area (Å²) < 4.78 is 5.23. The van der Waals surface area contributed by atoms with Gasteiger partial charge in [0.05, 0.1) is 12.1 Å². The van der Waals surface area contributed by atoms with Crippen LogP contribution in [0.1, 0.15) is 17.4 Å². The molecule has 1 amide bonds. The first kappa shape index (κ1) is 10.1. The highest BCUT2D eigenvalue weighted by molar-refractivity contribution is 5.83. The van der Waals surface area contributed by atoms with Crippen LogP contribution in [0.4, 0.5) is 4.79 Å². The Balaban J connectivity index is 2.17. The Bertz CT molecular complexity index is 595. The summed E-state index contributed by atoms with van der Waals surface area (Å²) in [6.45, 7) is 2.46. The number of pyridine rings is 1. The van der Waals surface area contributed by atoms with Gasteiger partial charge in [-0.3, -0.25) is 4.98 Å². The van der Waals surface area contributed by atoms with E-state index in [1.54, 1.807) is 0 Å². The van der Waals surface area contributed by atoms with Crippen LogP contribution in [-0.2, 0) is 4.74 Å². The first-order chi connectivity index (χ1) is 8.24. The van der Waals surface area contributed by atoms with E-state index in [1.807, 2.05) is 37.3 Å². The van der Waals surface area contributed by atoms with E-state index in [2.05, 4.69) is 10.3 Å². The van der Waals surface area contributed by atoms with Crippen LogP contribution in [0, 0.1) is 6.92 Å². The van der Waals surface area contributed by atoms with E-state index < -0.39 is 0 Å². The SMILES string of the molecule is Cc1cc(C2CNC(=O)O2)c2ccccc2n1. The van der Waals surface area contributed by atoms with E-state index in [1.165, 1.54) is 0 Å². The number of ether oxygens (including phenoxy) is 1. The van der Waals surface area contributed by atoms with Gasteiger partial charge in [-0.25, -0.2) is 4.79 Å². The summed E-state index contributed by atoms with van der Waals surface area (Å²) >= 11 is 0. The van der Waals surface area contributed by atoms with E-state index in [0.717, 1.165) is 22.2 Å². The van der Waals surface area contributed by atoms with E-state index in [4.69, 9.17) is 4.74 Å². The number of hydrogen-bond donors (Lipinski definition) is 1. The Labute approximate surface area is 98.6 Å². The predicted molar refractivity (Wildman–Crippen MR) is 63.7 cm³/mol. The topological polar surface area (TPSA) is 51.2 Å². The van der Waals surface area contributed by atoms with Crippen molar-refractivity contribution in [1.29, 1.82) is 0 Å². The van der Waals surface area contributed by atoms with Gasteiger partial charge in [0.15, 0.2) is 0 Å². The summed E-state index contributed by atoms with van der Waals surface area (Å²) in [5, 5.41) is 3.71. The highest BCUT2D eigenvalue weighted by atomic mass is 16.6. The maximum atomic E-state index is 11.1. The maximum Gasteiger partial charge on any atom is 0.407 e. The van der Waals surface area contributed by atoms with Crippen molar-refractivity contribution in [1.82, 2.24) is 10.3 Å². The Hall–Kier alpha value is -2.10. The molecule has 1 fully saturated rings. The zero-order chi connectivity index (χ0) is 11.8. The van der Waals surface area contributed by atoms with Gasteiger partial charge in [-0.2, -0.15) is 0 Å². The molecule has 4 nitrogen and oxygen atoms in total. The number of amides is 1. The second kappa shape index (κ2) is 3.73. The normalized spacial score (nSPS) is 19.1. The minimum Gasteiger partial charge on any atom is -0.439 e. The quantitative estimate of drug-likeness (QED) is 0.815. The number of aryl methyl sites for hydroxylation is 1. The molecule has 1 aromatic carbocycles. The van der Waals surface area contributed by atoms with Gasteiger partial charge in [-0.15, -0.1) is 0 Å². The molecular formula is C13H12N2O2. The lowest BCUT2D eigenvalue weighted by Gasteiger charge is -2.12. The number of carbonyl (C=O) groups is 1. The van der Waals surface area contributed by atoms with Gasteiger partial charge < -0.3 is 10.1 Å². The molecule has 0 bridgehead atoms. The standard InChI is InChI=1S/C13H12N2O2/c1-8-6-10(12-7-14-13(16)17-12)9-4-2-3-5-11(9)15-8/h2-6,12H,7H2,1H3,(H,14,16). The summed E-state index contributed by atoms with van der Waals surface area (Å²) in [6.07, 6.45) is -0.567. The second-order valence-electron chi connectivity index (χ2n) is 4.14. The largest absolute Gasteiger partial charge is 0.439 e. The van der Waals surface area contributed by atoms with Crippen LogP contribution >= 0.6 is 0 Å². The molecule has 0 radical (unpaired) electrons. The Morgan fingerprint density at radius 2 is 2.24 bits per heavy atom. The predicted octanol–water partition coefficient (Wildman–Crippen LogP) is 2.32. The van der Waals surface area contributed by atoms with Crippen LogP contribution in [0.3, 0.4) is 0 Å². The molecule has 0 saturated carbocycles. The lowest BCUT2D eigenvalue weighted by molar-refractivity contribution is 0.141. The number of nitrogens with zero attached hydrogens (tertiary/aromatic N) is 1. The molecule has 1 aliphatic rings. The van der Waals surface area contributed by atoms with Gasteiger partial charge in [0.2, 0.25) is 0 Å². The van der Waals surface area contributed by atoms with Crippen LogP contribution in [0.2, 0.25) is 0 Å². The number of rotatable bonds is 1. The number of benzene rings is 1. The number of aromatic nitrogens is 1. The summed E-state index contributed by atoms with van der Waals surface area (Å²) in [5.41, 5.74) is 2.89. The van der Waals surface area contributed by atoms with Crippen LogP contribution in [0.25, 0.3) is 10.9 Å². The van der Waals surface area contributed by atoms with Crippen LogP contribution in [0.15, 0.2) is 30.3 Å². The number of cyclic esters (lactones) is 1. The number of alkyl carbamates (subject to hydrolysis) is 1. The van der Waals surface area contributed by atoms with Gasteiger partial charge in [-0.05, 0) is 19.1 Å². The molecule has 2 aromatic rings. The molecule has 17 heavy (non-hydrogen) atoms. The third-order valence-corrected chi connectivity index (χ3v) is 2.90. The molecule has 1 aliphatic heterocycles. The molecule has 0 spiro atoms. The van der Waals surface area contributed by atoms with Gasteiger partial charge in [0.25, 0.3) is 0 Å². The number of carbonyl (C=O) groups excluding carboxylic acids is 1. The van der Waals surface area contributed by atoms with E-state index >= 15 is 0 Å². The minimum atomic E-state index is -0.353. The molecule has 1 saturated heterocycles. The van der Waals surface area contributed by atoms with Gasteiger partial charge in [-0.1, -0.05) is 18.2 Å². The molecule has 1 atom stereocenters. The lowest BCUT2D eigenvalue weighted by atomic mass is 10.0.